The van der Waals surface area contributed by atoms with E-state index in [1.807, 2.05) is 35.0 Å². The first-order chi connectivity index (χ1) is 16.9. The summed E-state index contributed by atoms with van der Waals surface area (Å²) in [7, 11) is 0. The molecule has 0 unspecified atom stereocenters. The Hall–Kier alpha value is -2.61. The number of benzene rings is 2. The largest absolute Gasteiger partial charge is 0.245 e. The van der Waals surface area contributed by atoms with Gasteiger partial charge >= 0.3 is 0 Å². The summed E-state index contributed by atoms with van der Waals surface area (Å²) in [6, 6.07) is 25.2. The lowest BCUT2D eigenvalue weighted by atomic mass is 10.3. The molecule has 1 nitrogen and oxygen atoms in total. The van der Waals surface area contributed by atoms with Crippen molar-refractivity contribution in [3.8, 4) is 0 Å². The Morgan fingerprint density at radius 2 is 1.16 bits per heavy atom. The molecule has 1 aliphatic rings. The fourth-order valence-corrected chi connectivity index (χ4v) is 7.50. The number of fused-ring (bicyclic) bond motifs is 4. The molecule has 0 saturated carbocycles. The second-order valence-corrected chi connectivity index (χ2v) is 12.0. The number of allylic oxidation sites excluding steroid dienone is 1. The first-order valence-electron chi connectivity index (χ1n) is 10.7. The highest BCUT2D eigenvalue weighted by Gasteiger charge is 2.03. The van der Waals surface area contributed by atoms with E-state index in [2.05, 4.69) is 93.3 Å². The first kappa shape index (κ1) is 30.6. The first-order valence-corrected chi connectivity index (χ1v) is 15.1. The van der Waals surface area contributed by atoms with Crippen molar-refractivity contribution in [1.29, 1.82) is 0 Å². The van der Waals surface area contributed by atoms with Gasteiger partial charge in [-0.2, -0.15) is 0 Å². The summed E-state index contributed by atoms with van der Waals surface area (Å²) in [5.74, 6) is 0. The van der Waals surface area contributed by atoms with Crippen LogP contribution in [-0.2, 0) is 6.42 Å². The van der Waals surface area contributed by atoms with E-state index in [-0.39, 0.29) is 22.3 Å². The lowest BCUT2D eigenvalue weighted by molar-refractivity contribution is 1.40. The van der Waals surface area contributed by atoms with Crippen LogP contribution in [0.15, 0.2) is 106 Å². The third-order valence-electron chi connectivity index (χ3n) is 5.05. The van der Waals surface area contributed by atoms with Crippen molar-refractivity contribution in [2.75, 3.05) is 0 Å². The summed E-state index contributed by atoms with van der Waals surface area (Å²) < 4.78 is 5.46. The van der Waals surface area contributed by atoms with Crippen LogP contribution in [0.5, 0.6) is 0 Å². The van der Waals surface area contributed by atoms with Crippen LogP contribution in [0.4, 0.5) is 0 Å². The van der Waals surface area contributed by atoms with Gasteiger partial charge in [-0.1, -0.05) is 64.8 Å². The van der Waals surface area contributed by atoms with E-state index in [0.717, 1.165) is 11.9 Å². The Bertz CT molecular complexity index is 1430. The van der Waals surface area contributed by atoms with E-state index < -0.39 is 0 Å². The van der Waals surface area contributed by atoms with E-state index >= 15 is 0 Å². The summed E-state index contributed by atoms with van der Waals surface area (Å²) >= 11 is 8.92. The maximum absolute atomic E-state index is 4.14. The van der Waals surface area contributed by atoms with Crippen LogP contribution in [-0.4, -0.2) is 4.98 Å². The molecule has 6 heteroatoms. The number of aromatic nitrogens is 1. The molecule has 192 valence electrons. The van der Waals surface area contributed by atoms with E-state index in [0.29, 0.717) is 0 Å². The number of hydrogen-bond donors (Lipinski definition) is 0. The van der Waals surface area contributed by atoms with Crippen LogP contribution >= 0.6 is 56.7 Å². The fraction of sp³-hybridized carbons (Fsp3) is 0.129. The van der Waals surface area contributed by atoms with Crippen molar-refractivity contribution in [2.24, 2.45) is 0 Å². The number of hydrogen-bond acceptors (Lipinski definition) is 6. The predicted molar refractivity (Wildman–Crippen MR) is 178 cm³/mol. The second kappa shape index (κ2) is 15.6. The highest BCUT2D eigenvalue weighted by molar-refractivity contribution is 7.25. The Morgan fingerprint density at radius 1 is 0.541 bits per heavy atom. The molecule has 0 atom stereocenters. The Morgan fingerprint density at radius 3 is 1.86 bits per heavy atom. The SMILES string of the molecule is C.C.C.C1=Cc2ccsc2C1.c1cc2sccc2s1.c1ccc2sccc2c1.c1ccc2scnc2c1. The topological polar surface area (TPSA) is 12.9 Å². The van der Waals surface area contributed by atoms with Gasteiger partial charge in [0, 0.05) is 25.4 Å². The third kappa shape index (κ3) is 8.19. The molecular formula is C31H33NS5. The highest BCUT2D eigenvalue weighted by Crippen LogP contribution is 2.25. The quantitative estimate of drug-likeness (QED) is 0.174. The molecule has 0 fully saturated rings. The van der Waals surface area contributed by atoms with Gasteiger partial charge in [-0.25, -0.2) is 4.98 Å². The molecule has 0 saturated heterocycles. The third-order valence-corrected chi connectivity index (χ3v) is 9.61. The smallest absolute Gasteiger partial charge is 0.0812 e. The van der Waals surface area contributed by atoms with Crippen LogP contribution in [0.25, 0.3) is 35.8 Å². The van der Waals surface area contributed by atoms with E-state index in [1.165, 1.54) is 34.6 Å². The lowest BCUT2D eigenvalue weighted by Crippen LogP contribution is -1.64. The van der Waals surface area contributed by atoms with Crippen LogP contribution in [0.2, 0.25) is 0 Å². The number of para-hydroxylation sites is 1. The van der Waals surface area contributed by atoms with Gasteiger partial charge in [0.05, 0.1) is 15.7 Å². The minimum atomic E-state index is 0. The fourth-order valence-electron chi connectivity index (χ4n) is 3.36. The number of rotatable bonds is 0. The van der Waals surface area contributed by atoms with Gasteiger partial charge in [0.1, 0.15) is 0 Å². The predicted octanol–water partition coefficient (Wildman–Crippen LogP) is 12.4. The van der Waals surface area contributed by atoms with Gasteiger partial charge < -0.3 is 0 Å². The number of nitrogens with zero attached hydrogens (tertiary/aromatic N) is 1. The zero-order valence-electron chi connectivity index (χ0n) is 18.2. The molecular weight excluding hydrogens is 547 g/mol. The molecule has 2 aromatic carbocycles. The molecule has 0 bridgehead atoms. The molecule has 0 N–H and O–H groups in total. The normalized spacial score (nSPS) is 10.4. The van der Waals surface area contributed by atoms with E-state index in [1.54, 1.807) is 45.3 Å². The Labute approximate surface area is 241 Å². The van der Waals surface area contributed by atoms with Crippen molar-refractivity contribution < 1.29 is 0 Å². The zero-order valence-corrected chi connectivity index (χ0v) is 22.2. The maximum Gasteiger partial charge on any atom is 0.0812 e. The molecule has 0 aliphatic heterocycles. The minimum absolute atomic E-state index is 0. The van der Waals surface area contributed by atoms with Gasteiger partial charge in [-0.3, -0.25) is 0 Å². The van der Waals surface area contributed by atoms with Crippen molar-refractivity contribution in [2.45, 2.75) is 28.7 Å². The van der Waals surface area contributed by atoms with Gasteiger partial charge in [-0.05, 0) is 74.9 Å². The average molecular weight is 580 g/mol. The standard InChI is InChI=1S/C8H6S.C7H5NS.C7H6S.C6H4S2.3CH4/c1-2-4-8-7(3-1)5-6-9-8;1-2-4-7-6(3-1)8-5-9-7;1-2-6-4-5-8-7(6)3-1;1-3-7-6-2-4-8-5(1)6;;;/h1-6H;1-5H;1-2,4-5H,3H2;1-4H;3*1H4. The van der Waals surface area contributed by atoms with Gasteiger partial charge in [0.2, 0.25) is 0 Å². The average Bonchev–Trinajstić information content (AvgIpc) is 3.70. The van der Waals surface area contributed by atoms with Gasteiger partial charge in [0.15, 0.2) is 0 Å². The molecule has 0 spiro atoms. The number of thiophene rings is 4. The summed E-state index contributed by atoms with van der Waals surface area (Å²) in [5.41, 5.74) is 4.39. The van der Waals surface area contributed by atoms with Crippen LogP contribution in [0.1, 0.15) is 32.7 Å². The van der Waals surface area contributed by atoms with E-state index in [9.17, 15) is 0 Å². The lowest BCUT2D eigenvalue weighted by Gasteiger charge is -1.82. The highest BCUT2D eigenvalue weighted by atomic mass is 32.1. The van der Waals surface area contributed by atoms with Gasteiger partial charge in [0.25, 0.3) is 0 Å². The molecule has 0 radical (unpaired) electrons. The van der Waals surface area contributed by atoms with Crippen LogP contribution in [0.3, 0.4) is 0 Å². The monoisotopic (exact) mass is 579 g/mol. The zero-order chi connectivity index (χ0) is 23.0. The summed E-state index contributed by atoms with van der Waals surface area (Å²) in [6.07, 6.45) is 5.56. The molecule has 37 heavy (non-hydrogen) atoms. The molecule has 5 heterocycles. The van der Waals surface area contributed by atoms with Crippen molar-refractivity contribution >= 4 is 92.5 Å². The van der Waals surface area contributed by atoms with Gasteiger partial charge in [-0.15, -0.1) is 56.7 Å². The Kier molecular flexibility index (Phi) is 12.9. The molecule has 0 amide bonds. The maximum atomic E-state index is 4.14. The summed E-state index contributed by atoms with van der Waals surface area (Å²) in [6.45, 7) is 0. The van der Waals surface area contributed by atoms with Crippen molar-refractivity contribution in [1.82, 2.24) is 4.98 Å². The molecule has 7 aromatic rings. The Balaban J connectivity index is 0.000000169. The van der Waals surface area contributed by atoms with Crippen molar-refractivity contribution in [3.05, 3.63) is 116 Å². The molecule has 1 aliphatic carbocycles. The van der Waals surface area contributed by atoms with Crippen molar-refractivity contribution in [3.63, 3.8) is 0 Å². The second-order valence-electron chi connectivity index (χ2n) is 7.25. The summed E-state index contributed by atoms with van der Waals surface area (Å²) in [5, 5.41) is 9.86. The molecule has 8 rings (SSSR count). The van der Waals surface area contributed by atoms with Crippen LogP contribution < -0.4 is 0 Å². The number of thiazole rings is 1. The minimum Gasteiger partial charge on any atom is -0.245 e. The molecule has 5 aromatic heterocycles. The van der Waals surface area contributed by atoms with E-state index in [4.69, 9.17) is 0 Å². The van der Waals surface area contributed by atoms with Crippen LogP contribution in [0, 0.1) is 0 Å². The summed E-state index contributed by atoms with van der Waals surface area (Å²) in [4.78, 5) is 5.66.